The van der Waals surface area contributed by atoms with Crippen molar-refractivity contribution in [3.63, 3.8) is 0 Å². The quantitative estimate of drug-likeness (QED) is 0.844. The molecule has 0 bridgehead atoms. The summed E-state index contributed by atoms with van der Waals surface area (Å²) in [4.78, 5) is 11.7. The Balaban J connectivity index is 2.09. The van der Waals surface area contributed by atoms with Crippen molar-refractivity contribution in [1.82, 2.24) is 0 Å². The number of carbonyl (C=O) groups excluding carboxylic acids is 1. The lowest BCUT2D eigenvalue weighted by molar-refractivity contribution is -0.122. The van der Waals surface area contributed by atoms with Gasteiger partial charge in [0.1, 0.15) is 11.4 Å². The molecule has 1 atom stereocenters. The van der Waals surface area contributed by atoms with Crippen LogP contribution >= 0.6 is 0 Å². The van der Waals surface area contributed by atoms with Gasteiger partial charge in [-0.1, -0.05) is 19.3 Å². The van der Waals surface area contributed by atoms with Crippen molar-refractivity contribution >= 4 is 11.6 Å². The highest BCUT2D eigenvalue weighted by Gasteiger charge is 2.35. The summed E-state index contributed by atoms with van der Waals surface area (Å²) < 4.78 is 12.8. The largest absolute Gasteiger partial charge is 0.371 e. The minimum atomic E-state index is -0.761. The molecule has 18 heavy (non-hydrogen) atoms. The minimum Gasteiger partial charge on any atom is -0.371 e. The van der Waals surface area contributed by atoms with Gasteiger partial charge < -0.3 is 11.1 Å². The second-order valence-electron chi connectivity index (χ2n) is 5.33. The molecule has 3 nitrogen and oxygen atoms in total. The molecule has 1 saturated carbocycles. The average molecular weight is 250 g/mol. The molecule has 1 amide bonds. The van der Waals surface area contributed by atoms with Crippen molar-refractivity contribution in [2.75, 3.05) is 5.32 Å². The third-order valence-electron chi connectivity index (χ3n) is 3.73. The normalized spacial score (nSPS) is 18.8. The summed E-state index contributed by atoms with van der Waals surface area (Å²) in [5.41, 5.74) is 5.46. The highest BCUT2D eigenvalue weighted by Crippen LogP contribution is 2.35. The molecule has 1 unspecified atom stereocenters. The number of hydrogen-bond donors (Lipinski definition) is 2. The molecule has 0 spiro atoms. The Bertz CT molecular complexity index is 428. The smallest absolute Gasteiger partial charge is 0.242 e. The number of amides is 1. The van der Waals surface area contributed by atoms with Gasteiger partial charge in [0.2, 0.25) is 5.91 Å². The van der Waals surface area contributed by atoms with Crippen LogP contribution in [-0.4, -0.2) is 11.4 Å². The number of benzene rings is 1. The zero-order valence-corrected chi connectivity index (χ0v) is 10.6. The first-order valence-corrected chi connectivity index (χ1v) is 6.33. The summed E-state index contributed by atoms with van der Waals surface area (Å²) in [5.74, 6) is -0.0884. The number of carbonyl (C=O) groups is 1. The molecule has 0 aliphatic heterocycles. The maximum Gasteiger partial charge on any atom is 0.242 e. The monoisotopic (exact) mass is 250 g/mol. The number of nitrogens with two attached hydrogens (primary N) is 1. The fraction of sp³-hybridized carbons (Fsp3) is 0.500. The molecule has 0 saturated heterocycles. The van der Waals surface area contributed by atoms with Crippen LogP contribution in [0, 0.1) is 11.7 Å². The second kappa shape index (κ2) is 4.96. The van der Waals surface area contributed by atoms with Crippen LogP contribution in [0.1, 0.15) is 32.6 Å². The number of anilines is 1. The summed E-state index contributed by atoms with van der Waals surface area (Å²) in [6, 6.07) is 5.98. The van der Waals surface area contributed by atoms with E-state index in [0.717, 1.165) is 24.9 Å². The number of hydrogen-bond acceptors (Lipinski definition) is 2. The van der Waals surface area contributed by atoms with Crippen LogP contribution in [0.3, 0.4) is 0 Å². The number of rotatable bonds is 5. The Morgan fingerprint density at radius 2 is 2.06 bits per heavy atom. The molecule has 98 valence electrons. The van der Waals surface area contributed by atoms with E-state index in [-0.39, 0.29) is 11.7 Å². The predicted octanol–water partition coefficient (Wildman–Crippen LogP) is 2.67. The number of halogens is 1. The molecule has 1 aromatic carbocycles. The van der Waals surface area contributed by atoms with Gasteiger partial charge in [0.25, 0.3) is 0 Å². The fourth-order valence-corrected chi connectivity index (χ4v) is 2.34. The van der Waals surface area contributed by atoms with E-state index in [2.05, 4.69) is 5.32 Å². The Morgan fingerprint density at radius 1 is 1.44 bits per heavy atom. The molecule has 0 aromatic heterocycles. The molecular weight excluding hydrogens is 231 g/mol. The topological polar surface area (TPSA) is 55.1 Å². The van der Waals surface area contributed by atoms with Crippen LogP contribution in [0.4, 0.5) is 10.1 Å². The van der Waals surface area contributed by atoms with E-state index < -0.39 is 5.54 Å². The Kier molecular flexibility index (Phi) is 3.55. The van der Waals surface area contributed by atoms with Crippen LogP contribution < -0.4 is 11.1 Å². The molecule has 1 fully saturated rings. The van der Waals surface area contributed by atoms with Crippen molar-refractivity contribution in [3.05, 3.63) is 30.1 Å². The van der Waals surface area contributed by atoms with E-state index in [1.54, 1.807) is 12.1 Å². The highest BCUT2D eigenvalue weighted by molar-refractivity contribution is 5.87. The van der Waals surface area contributed by atoms with Gasteiger partial charge in [0.05, 0.1) is 0 Å². The lowest BCUT2D eigenvalue weighted by Gasteiger charge is -2.36. The summed E-state index contributed by atoms with van der Waals surface area (Å²) in [6.45, 7) is 1.82. The van der Waals surface area contributed by atoms with Gasteiger partial charge in [0, 0.05) is 5.69 Å². The van der Waals surface area contributed by atoms with Gasteiger partial charge >= 0.3 is 0 Å². The van der Waals surface area contributed by atoms with Crippen molar-refractivity contribution < 1.29 is 9.18 Å². The molecule has 1 aliphatic carbocycles. The van der Waals surface area contributed by atoms with E-state index in [1.165, 1.54) is 18.6 Å². The van der Waals surface area contributed by atoms with E-state index in [9.17, 15) is 9.18 Å². The number of primary amides is 1. The van der Waals surface area contributed by atoms with Crippen LogP contribution in [0.5, 0.6) is 0 Å². The van der Waals surface area contributed by atoms with Crippen molar-refractivity contribution in [1.29, 1.82) is 0 Å². The van der Waals surface area contributed by atoms with Crippen LogP contribution in [0.25, 0.3) is 0 Å². The summed E-state index contributed by atoms with van der Waals surface area (Å²) >= 11 is 0. The molecule has 4 heteroatoms. The summed E-state index contributed by atoms with van der Waals surface area (Å²) in [5, 5.41) is 3.14. The third-order valence-corrected chi connectivity index (χ3v) is 3.73. The standard InChI is InChI=1S/C14H19FN2O/c1-14(13(16)18,9-10-3-2-4-10)17-12-7-5-11(15)6-8-12/h5-8,10,17H,2-4,9H2,1H3,(H2,16,18). The third kappa shape index (κ3) is 2.81. The summed E-state index contributed by atoms with van der Waals surface area (Å²) in [7, 11) is 0. The van der Waals surface area contributed by atoms with E-state index in [0.29, 0.717) is 5.92 Å². The van der Waals surface area contributed by atoms with E-state index >= 15 is 0 Å². The molecule has 3 N–H and O–H groups in total. The molecule has 0 radical (unpaired) electrons. The molecule has 0 heterocycles. The van der Waals surface area contributed by atoms with Crippen LogP contribution in [-0.2, 0) is 4.79 Å². The van der Waals surface area contributed by atoms with Crippen molar-refractivity contribution in [2.45, 2.75) is 38.1 Å². The minimum absolute atomic E-state index is 0.291. The summed E-state index contributed by atoms with van der Waals surface area (Å²) in [6.07, 6.45) is 4.29. The van der Waals surface area contributed by atoms with Gasteiger partial charge in [-0.05, 0) is 43.5 Å². The molecule has 1 aliphatic rings. The SMILES string of the molecule is CC(CC1CCC1)(Nc1ccc(F)cc1)C(N)=O. The average Bonchev–Trinajstić information content (AvgIpc) is 2.27. The van der Waals surface area contributed by atoms with Gasteiger partial charge in [-0.15, -0.1) is 0 Å². The number of nitrogens with one attached hydrogen (secondary N) is 1. The zero-order chi connectivity index (χ0) is 13.2. The first-order valence-electron chi connectivity index (χ1n) is 6.33. The van der Waals surface area contributed by atoms with Gasteiger partial charge in [-0.3, -0.25) is 4.79 Å². The van der Waals surface area contributed by atoms with Crippen molar-refractivity contribution in [2.24, 2.45) is 11.7 Å². The van der Waals surface area contributed by atoms with Gasteiger partial charge in [-0.2, -0.15) is 0 Å². The van der Waals surface area contributed by atoms with Crippen LogP contribution in [0.15, 0.2) is 24.3 Å². The first-order chi connectivity index (χ1) is 8.49. The van der Waals surface area contributed by atoms with Crippen LogP contribution in [0.2, 0.25) is 0 Å². The second-order valence-corrected chi connectivity index (χ2v) is 5.33. The lowest BCUT2D eigenvalue weighted by atomic mass is 9.76. The van der Waals surface area contributed by atoms with Gasteiger partial charge in [-0.25, -0.2) is 4.39 Å². The Morgan fingerprint density at radius 3 is 2.50 bits per heavy atom. The predicted molar refractivity (Wildman–Crippen MR) is 69.6 cm³/mol. The maximum absolute atomic E-state index is 12.8. The lowest BCUT2D eigenvalue weighted by Crippen LogP contribution is -2.49. The van der Waals surface area contributed by atoms with Gasteiger partial charge in [0.15, 0.2) is 0 Å². The maximum atomic E-state index is 12.8. The molecule has 1 aromatic rings. The van der Waals surface area contributed by atoms with E-state index in [4.69, 9.17) is 5.73 Å². The highest BCUT2D eigenvalue weighted by atomic mass is 19.1. The van der Waals surface area contributed by atoms with E-state index in [1.807, 2.05) is 6.92 Å². The Labute approximate surface area is 107 Å². The Hall–Kier alpha value is -1.58. The van der Waals surface area contributed by atoms with Crippen molar-refractivity contribution in [3.8, 4) is 0 Å². The fourth-order valence-electron chi connectivity index (χ4n) is 2.34. The first kappa shape index (κ1) is 12.9. The zero-order valence-electron chi connectivity index (χ0n) is 10.6. The molecular formula is C14H19FN2O. The molecule has 2 rings (SSSR count).